The summed E-state index contributed by atoms with van der Waals surface area (Å²) in [6.45, 7) is 0. The average Bonchev–Trinajstić information content (AvgIpc) is 3.30. The zero-order valence-corrected chi connectivity index (χ0v) is 13.9. The lowest BCUT2D eigenvalue weighted by Crippen LogP contribution is -2.14. The van der Waals surface area contributed by atoms with Gasteiger partial charge in [0.2, 0.25) is 0 Å². The van der Waals surface area contributed by atoms with Crippen molar-refractivity contribution in [3.05, 3.63) is 70.7 Å². The highest BCUT2D eigenvalue weighted by molar-refractivity contribution is 7.10. The van der Waals surface area contributed by atoms with Crippen LogP contribution in [0.3, 0.4) is 0 Å². The Balaban J connectivity index is 1.81. The number of hydrogen-bond acceptors (Lipinski definition) is 5. The Morgan fingerprint density at radius 2 is 2.08 bits per heavy atom. The van der Waals surface area contributed by atoms with Crippen LogP contribution in [-0.2, 0) is 0 Å². The van der Waals surface area contributed by atoms with E-state index in [0.717, 1.165) is 33.2 Å². The molecule has 0 radical (unpaired) electrons. The summed E-state index contributed by atoms with van der Waals surface area (Å²) in [6, 6.07) is 15.5. The Kier molecular flexibility index (Phi) is 3.76. The number of thiophene rings is 1. The van der Waals surface area contributed by atoms with Crippen molar-refractivity contribution in [1.82, 2.24) is 14.6 Å². The maximum absolute atomic E-state index is 6.35. The Bertz CT molecular complexity index is 978. The normalized spacial score (nSPS) is 12.4. The second-order valence-corrected chi connectivity index (χ2v) is 6.38. The number of ether oxygens (including phenoxy) is 1. The minimum atomic E-state index is -0.241. The second-order valence-electron chi connectivity index (χ2n) is 5.40. The summed E-state index contributed by atoms with van der Waals surface area (Å²) in [5.74, 6) is 0.800. The fourth-order valence-electron chi connectivity index (χ4n) is 2.65. The molecule has 6 heteroatoms. The first kappa shape index (κ1) is 14.9. The van der Waals surface area contributed by atoms with E-state index in [-0.39, 0.29) is 6.04 Å². The predicted molar refractivity (Wildman–Crippen MR) is 95.3 cm³/mol. The summed E-state index contributed by atoms with van der Waals surface area (Å²) in [5.41, 5.74) is 9.85. The summed E-state index contributed by atoms with van der Waals surface area (Å²) < 4.78 is 7.14. The third kappa shape index (κ3) is 2.55. The van der Waals surface area contributed by atoms with Gasteiger partial charge in [-0.3, -0.25) is 0 Å². The van der Waals surface area contributed by atoms with Gasteiger partial charge in [0, 0.05) is 10.4 Å². The van der Waals surface area contributed by atoms with Gasteiger partial charge in [-0.05, 0) is 35.7 Å². The van der Waals surface area contributed by atoms with Gasteiger partial charge in [0.1, 0.15) is 5.75 Å². The molecule has 0 saturated heterocycles. The molecule has 0 bridgehead atoms. The van der Waals surface area contributed by atoms with Crippen LogP contribution in [0.15, 0.2) is 60.1 Å². The van der Waals surface area contributed by atoms with Gasteiger partial charge in [0.25, 0.3) is 0 Å². The highest BCUT2D eigenvalue weighted by Crippen LogP contribution is 2.26. The molecule has 0 spiro atoms. The van der Waals surface area contributed by atoms with Crippen molar-refractivity contribution in [2.75, 3.05) is 7.11 Å². The van der Waals surface area contributed by atoms with Crippen LogP contribution in [0.1, 0.15) is 16.6 Å². The molecule has 24 heavy (non-hydrogen) atoms. The molecule has 0 amide bonds. The van der Waals surface area contributed by atoms with Crippen LogP contribution in [-0.4, -0.2) is 21.7 Å². The molecular formula is C18H16N4OS. The largest absolute Gasteiger partial charge is 0.497 e. The van der Waals surface area contributed by atoms with E-state index in [2.05, 4.69) is 4.98 Å². The third-order valence-electron chi connectivity index (χ3n) is 3.92. The predicted octanol–water partition coefficient (Wildman–Crippen LogP) is 3.51. The highest BCUT2D eigenvalue weighted by atomic mass is 32.1. The Hall–Kier alpha value is -2.70. The quantitative estimate of drug-likeness (QED) is 0.619. The first-order valence-electron chi connectivity index (χ1n) is 7.54. The molecule has 0 aliphatic rings. The van der Waals surface area contributed by atoms with Crippen LogP contribution in [0.5, 0.6) is 5.75 Å². The number of nitrogens with two attached hydrogens (primary N) is 1. The molecule has 4 aromatic rings. The first-order chi connectivity index (χ1) is 11.8. The molecule has 3 heterocycles. The lowest BCUT2D eigenvalue weighted by Gasteiger charge is -2.10. The molecule has 3 aromatic heterocycles. The van der Waals surface area contributed by atoms with Crippen molar-refractivity contribution in [3.63, 3.8) is 0 Å². The van der Waals surface area contributed by atoms with Gasteiger partial charge in [-0.25, -0.2) is 9.50 Å². The van der Waals surface area contributed by atoms with E-state index in [9.17, 15) is 0 Å². The van der Waals surface area contributed by atoms with Crippen molar-refractivity contribution in [2.24, 2.45) is 5.73 Å². The Morgan fingerprint density at radius 3 is 2.88 bits per heavy atom. The van der Waals surface area contributed by atoms with Crippen molar-refractivity contribution in [3.8, 4) is 17.0 Å². The van der Waals surface area contributed by atoms with E-state index in [1.165, 1.54) is 0 Å². The number of nitrogens with zero attached hydrogens (tertiary/aromatic N) is 3. The first-order valence-corrected chi connectivity index (χ1v) is 8.42. The number of rotatable bonds is 4. The Labute approximate surface area is 143 Å². The summed E-state index contributed by atoms with van der Waals surface area (Å²) in [7, 11) is 1.66. The molecule has 4 rings (SSSR count). The molecule has 5 nitrogen and oxygen atoms in total. The molecule has 0 fully saturated rings. The molecule has 0 aliphatic carbocycles. The minimum Gasteiger partial charge on any atom is -0.497 e. The smallest absolute Gasteiger partial charge is 0.154 e. The number of aromatic nitrogens is 3. The van der Waals surface area contributed by atoms with Crippen LogP contribution >= 0.6 is 11.3 Å². The molecule has 0 saturated carbocycles. The van der Waals surface area contributed by atoms with Crippen molar-refractivity contribution in [2.45, 2.75) is 6.04 Å². The standard InChI is InChI=1S/C18H16N4OS/c1-23-13-5-2-4-12(10-13)15-11-20-17-8-7-14(21-22(15)17)18(19)16-6-3-9-24-16/h2-11,18H,19H2,1H3. The van der Waals surface area contributed by atoms with Gasteiger partial charge in [0.15, 0.2) is 5.65 Å². The van der Waals surface area contributed by atoms with Crippen LogP contribution in [0.25, 0.3) is 16.9 Å². The van der Waals surface area contributed by atoms with Crippen molar-refractivity contribution in [1.29, 1.82) is 0 Å². The van der Waals surface area contributed by atoms with Crippen molar-refractivity contribution >= 4 is 17.0 Å². The number of fused-ring (bicyclic) bond motifs is 1. The van der Waals surface area contributed by atoms with Gasteiger partial charge >= 0.3 is 0 Å². The summed E-state index contributed by atoms with van der Waals surface area (Å²) in [5, 5.41) is 6.74. The second kappa shape index (κ2) is 6.07. The topological polar surface area (TPSA) is 65.4 Å². The van der Waals surface area contributed by atoms with E-state index in [1.54, 1.807) is 18.4 Å². The number of benzene rings is 1. The average molecular weight is 336 g/mol. The Morgan fingerprint density at radius 1 is 1.17 bits per heavy atom. The molecule has 1 aromatic carbocycles. The number of imidazole rings is 1. The molecule has 0 aliphatic heterocycles. The van der Waals surface area contributed by atoms with E-state index >= 15 is 0 Å². The SMILES string of the molecule is COc1cccc(-c2cnc3ccc(C(N)c4cccs4)nn23)c1. The van der Waals surface area contributed by atoms with Crippen molar-refractivity contribution < 1.29 is 4.74 Å². The number of methoxy groups -OCH3 is 1. The van der Waals surface area contributed by atoms with Crippen LogP contribution in [0.2, 0.25) is 0 Å². The zero-order valence-electron chi connectivity index (χ0n) is 13.1. The lowest BCUT2D eigenvalue weighted by molar-refractivity contribution is 0.415. The van der Waals surface area contributed by atoms with E-state index in [0.29, 0.717) is 0 Å². The van der Waals surface area contributed by atoms with E-state index in [4.69, 9.17) is 15.6 Å². The van der Waals surface area contributed by atoms with Gasteiger partial charge in [-0.2, -0.15) is 5.10 Å². The molecule has 120 valence electrons. The van der Waals surface area contributed by atoms with Gasteiger partial charge < -0.3 is 10.5 Å². The third-order valence-corrected chi connectivity index (χ3v) is 4.87. The van der Waals surface area contributed by atoms with Gasteiger partial charge in [-0.1, -0.05) is 18.2 Å². The summed E-state index contributed by atoms with van der Waals surface area (Å²) >= 11 is 1.63. The maximum atomic E-state index is 6.35. The maximum Gasteiger partial charge on any atom is 0.154 e. The minimum absolute atomic E-state index is 0.241. The monoisotopic (exact) mass is 336 g/mol. The van der Waals surface area contributed by atoms with Crippen LogP contribution < -0.4 is 10.5 Å². The van der Waals surface area contributed by atoms with Crippen LogP contribution in [0, 0.1) is 0 Å². The fourth-order valence-corrected chi connectivity index (χ4v) is 3.39. The number of hydrogen-bond donors (Lipinski definition) is 1. The van der Waals surface area contributed by atoms with Gasteiger partial charge in [0.05, 0.1) is 30.7 Å². The summed E-state index contributed by atoms with van der Waals surface area (Å²) in [4.78, 5) is 5.52. The van der Waals surface area contributed by atoms with Gasteiger partial charge in [-0.15, -0.1) is 11.3 Å². The molecule has 1 atom stereocenters. The highest BCUT2D eigenvalue weighted by Gasteiger charge is 2.14. The zero-order chi connectivity index (χ0) is 16.5. The molecular weight excluding hydrogens is 320 g/mol. The molecule has 1 unspecified atom stereocenters. The van der Waals surface area contributed by atoms with E-state index in [1.807, 2.05) is 64.6 Å². The lowest BCUT2D eigenvalue weighted by atomic mass is 10.1. The van der Waals surface area contributed by atoms with Crippen LogP contribution in [0.4, 0.5) is 0 Å². The molecule has 2 N–H and O–H groups in total. The summed E-state index contributed by atoms with van der Waals surface area (Å²) in [6.07, 6.45) is 1.82. The fraction of sp³-hybridized carbons (Fsp3) is 0.111. The van der Waals surface area contributed by atoms with E-state index < -0.39 is 0 Å².